The molecule has 2 aromatic rings. The van der Waals surface area contributed by atoms with Gasteiger partial charge in [0.25, 0.3) is 0 Å². The molecule has 25 heavy (non-hydrogen) atoms. The normalized spacial score (nSPS) is 21.5. The van der Waals surface area contributed by atoms with Crippen molar-refractivity contribution in [2.24, 2.45) is 11.7 Å². The van der Waals surface area contributed by atoms with E-state index in [0.717, 1.165) is 30.6 Å². The molecule has 1 fully saturated rings. The van der Waals surface area contributed by atoms with E-state index in [1.807, 2.05) is 17.7 Å². The summed E-state index contributed by atoms with van der Waals surface area (Å²) in [4.78, 5) is 17.1. The first-order valence-electron chi connectivity index (χ1n) is 8.60. The number of aryl methyl sites for hydroxylation is 1. The number of hydrogen-bond acceptors (Lipinski definition) is 4. The van der Waals surface area contributed by atoms with Crippen LogP contribution >= 0.6 is 12.4 Å². The van der Waals surface area contributed by atoms with E-state index in [1.54, 1.807) is 6.33 Å². The van der Waals surface area contributed by atoms with E-state index in [0.29, 0.717) is 13.2 Å². The summed E-state index contributed by atoms with van der Waals surface area (Å²) in [5.41, 5.74) is 8.10. The third-order valence-electron chi connectivity index (χ3n) is 4.87. The van der Waals surface area contributed by atoms with Gasteiger partial charge in [0.05, 0.1) is 18.6 Å². The maximum atomic E-state index is 12.6. The number of rotatable bonds is 7. The molecule has 6 heteroatoms. The van der Waals surface area contributed by atoms with Crippen molar-refractivity contribution in [1.82, 2.24) is 9.55 Å². The van der Waals surface area contributed by atoms with Crippen LogP contribution in [0.2, 0.25) is 0 Å². The number of imidazole rings is 1. The SMILES string of the molecule is CCOC(=O)C1(c2cn(-c3ccc(C)cc3)cn2)CC1CCCN.Cl. The molecule has 0 aliphatic heterocycles. The lowest BCUT2D eigenvalue weighted by Gasteiger charge is -2.14. The average molecular weight is 364 g/mol. The second kappa shape index (κ2) is 8.02. The molecule has 0 saturated heterocycles. The van der Waals surface area contributed by atoms with E-state index in [2.05, 4.69) is 36.2 Å². The number of hydrogen-bond donors (Lipinski definition) is 1. The molecule has 0 spiro atoms. The minimum absolute atomic E-state index is 0. The van der Waals surface area contributed by atoms with Crippen molar-refractivity contribution in [1.29, 1.82) is 0 Å². The first-order valence-corrected chi connectivity index (χ1v) is 8.60. The van der Waals surface area contributed by atoms with Gasteiger partial charge in [-0.25, -0.2) is 4.98 Å². The Labute approximate surface area is 155 Å². The van der Waals surface area contributed by atoms with Crippen molar-refractivity contribution >= 4 is 18.4 Å². The van der Waals surface area contributed by atoms with Gasteiger partial charge in [-0.2, -0.15) is 0 Å². The number of ether oxygens (including phenoxy) is 1. The lowest BCUT2D eigenvalue weighted by molar-refractivity contribution is -0.146. The van der Waals surface area contributed by atoms with Gasteiger partial charge < -0.3 is 15.0 Å². The number of carbonyl (C=O) groups excluding carboxylic acids is 1. The lowest BCUT2D eigenvalue weighted by atomic mass is 9.97. The van der Waals surface area contributed by atoms with E-state index in [1.165, 1.54) is 5.56 Å². The molecule has 5 nitrogen and oxygen atoms in total. The number of carbonyl (C=O) groups is 1. The Hall–Kier alpha value is -1.85. The summed E-state index contributed by atoms with van der Waals surface area (Å²) in [6.45, 7) is 4.94. The largest absolute Gasteiger partial charge is 0.465 e. The fraction of sp³-hybridized carbons (Fsp3) is 0.474. The first-order chi connectivity index (χ1) is 11.6. The summed E-state index contributed by atoms with van der Waals surface area (Å²) in [5.74, 6) is 0.127. The van der Waals surface area contributed by atoms with E-state index in [4.69, 9.17) is 10.5 Å². The zero-order chi connectivity index (χ0) is 17.2. The van der Waals surface area contributed by atoms with Gasteiger partial charge >= 0.3 is 5.97 Å². The van der Waals surface area contributed by atoms with Crippen LogP contribution in [-0.4, -0.2) is 28.7 Å². The van der Waals surface area contributed by atoms with Gasteiger partial charge in [0.2, 0.25) is 0 Å². The van der Waals surface area contributed by atoms with Crippen LogP contribution in [0.1, 0.15) is 37.4 Å². The highest BCUT2D eigenvalue weighted by Gasteiger charge is 2.63. The van der Waals surface area contributed by atoms with Crippen LogP contribution in [0.3, 0.4) is 0 Å². The highest BCUT2D eigenvalue weighted by atomic mass is 35.5. The van der Waals surface area contributed by atoms with Crippen molar-refractivity contribution in [3.8, 4) is 5.69 Å². The van der Waals surface area contributed by atoms with Crippen LogP contribution in [-0.2, 0) is 14.9 Å². The van der Waals surface area contributed by atoms with Gasteiger partial charge in [0, 0.05) is 11.9 Å². The molecular weight excluding hydrogens is 338 g/mol. The molecule has 1 saturated carbocycles. The molecule has 2 N–H and O–H groups in total. The van der Waals surface area contributed by atoms with Crippen molar-refractivity contribution in [3.05, 3.63) is 48.0 Å². The standard InChI is InChI=1S/C19H25N3O2.ClH/c1-3-24-18(23)19(11-15(19)5-4-10-20)17-12-22(13-21-17)16-8-6-14(2)7-9-16;/h6-9,12-13,15H,3-5,10-11,20H2,1-2H3;1H. The van der Waals surface area contributed by atoms with Gasteiger partial charge in [-0.3, -0.25) is 4.79 Å². The molecule has 0 radical (unpaired) electrons. The third-order valence-corrected chi connectivity index (χ3v) is 4.87. The molecule has 1 heterocycles. The number of halogens is 1. The Morgan fingerprint density at radius 2 is 2.12 bits per heavy atom. The maximum absolute atomic E-state index is 12.6. The molecule has 136 valence electrons. The second-order valence-corrected chi connectivity index (χ2v) is 6.53. The fourth-order valence-electron chi connectivity index (χ4n) is 3.38. The Balaban J connectivity index is 0.00000225. The van der Waals surface area contributed by atoms with Gasteiger partial charge in [-0.1, -0.05) is 17.7 Å². The molecule has 0 amide bonds. The van der Waals surface area contributed by atoms with Crippen molar-refractivity contribution in [3.63, 3.8) is 0 Å². The number of aromatic nitrogens is 2. The number of esters is 1. The summed E-state index contributed by atoms with van der Waals surface area (Å²) < 4.78 is 7.31. The van der Waals surface area contributed by atoms with Gasteiger partial charge in [0.1, 0.15) is 5.41 Å². The van der Waals surface area contributed by atoms with Crippen LogP contribution < -0.4 is 5.73 Å². The van der Waals surface area contributed by atoms with Gasteiger partial charge in [-0.05, 0) is 57.7 Å². The monoisotopic (exact) mass is 363 g/mol. The Kier molecular flexibility index (Phi) is 6.25. The average Bonchev–Trinajstić information content (AvgIpc) is 3.11. The highest BCUT2D eigenvalue weighted by Crippen LogP contribution is 2.56. The molecule has 0 bridgehead atoms. The third kappa shape index (κ3) is 3.72. The zero-order valence-electron chi connectivity index (χ0n) is 14.8. The molecule has 1 aromatic heterocycles. The Morgan fingerprint density at radius 3 is 2.76 bits per heavy atom. The minimum atomic E-state index is -0.582. The zero-order valence-corrected chi connectivity index (χ0v) is 15.6. The van der Waals surface area contributed by atoms with Crippen molar-refractivity contribution in [2.45, 2.75) is 38.5 Å². The van der Waals surface area contributed by atoms with Crippen LogP contribution in [0.25, 0.3) is 5.69 Å². The predicted molar refractivity (Wildman–Crippen MR) is 100 cm³/mol. The first kappa shape index (κ1) is 19.5. The molecule has 2 atom stereocenters. The lowest BCUT2D eigenvalue weighted by Crippen LogP contribution is -2.26. The maximum Gasteiger partial charge on any atom is 0.318 e. The Bertz CT molecular complexity index is 714. The molecule has 1 aliphatic carbocycles. The van der Waals surface area contributed by atoms with Gasteiger partial charge in [-0.15, -0.1) is 12.4 Å². The van der Waals surface area contributed by atoms with E-state index in [9.17, 15) is 4.79 Å². The summed E-state index contributed by atoms with van der Waals surface area (Å²) >= 11 is 0. The molecular formula is C19H26ClN3O2. The van der Waals surface area contributed by atoms with Crippen LogP contribution in [0, 0.1) is 12.8 Å². The number of benzene rings is 1. The Morgan fingerprint density at radius 1 is 1.40 bits per heavy atom. The topological polar surface area (TPSA) is 70.1 Å². The smallest absolute Gasteiger partial charge is 0.318 e. The van der Waals surface area contributed by atoms with E-state index in [-0.39, 0.29) is 24.3 Å². The van der Waals surface area contributed by atoms with E-state index >= 15 is 0 Å². The minimum Gasteiger partial charge on any atom is -0.465 e. The van der Waals surface area contributed by atoms with Crippen LogP contribution in [0.4, 0.5) is 0 Å². The molecule has 1 aromatic carbocycles. The number of nitrogens with zero attached hydrogens (tertiary/aromatic N) is 2. The van der Waals surface area contributed by atoms with Gasteiger partial charge in [0.15, 0.2) is 0 Å². The summed E-state index contributed by atoms with van der Waals surface area (Å²) in [6.07, 6.45) is 6.40. The number of nitrogens with two attached hydrogens (primary N) is 1. The van der Waals surface area contributed by atoms with Crippen LogP contribution in [0.5, 0.6) is 0 Å². The summed E-state index contributed by atoms with van der Waals surface area (Å²) in [6, 6.07) is 8.24. The second-order valence-electron chi connectivity index (χ2n) is 6.53. The van der Waals surface area contributed by atoms with Crippen molar-refractivity contribution < 1.29 is 9.53 Å². The fourth-order valence-corrected chi connectivity index (χ4v) is 3.38. The van der Waals surface area contributed by atoms with E-state index < -0.39 is 5.41 Å². The predicted octanol–water partition coefficient (Wildman–Crippen LogP) is 3.16. The quantitative estimate of drug-likeness (QED) is 0.767. The van der Waals surface area contributed by atoms with Crippen LogP contribution in [0.15, 0.2) is 36.8 Å². The highest BCUT2D eigenvalue weighted by molar-refractivity contribution is 5.87. The molecule has 1 aliphatic rings. The summed E-state index contributed by atoms with van der Waals surface area (Å²) in [7, 11) is 0. The molecule has 3 rings (SSSR count). The summed E-state index contributed by atoms with van der Waals surface area (Å²) in [5, 5.41) is 0. The molecule has 2 unspecified atom stereocenters. The van der Waals surface area contributed by atoms with Crippen molar-refractivity contribution in [2.75, 3.05) is 13.2 Å².